The topological polar surface area (TPSA) is 96.3 Å². The minimum absolute atomic E-state index is 0.235. The zero-order chi connectivity index (χ0) is 20.6. The first-order valence-corrected chi connectivity index (χ1v) is 11.0. The average Bonchev–Trinajstić information content (AvgIpc) is 3.04. The van der Waals surface area contributed by atoms with Crippen molar-refractivity contribution in [3.8, 4) is 0 Å². The zero-order valence-corrected chi connectivity index (χ0v) is 18.7. The Hall–Kier alpha value is -1.81. The van der Waals surface area contributed by atoms with Gasteiger partial charge in [-0.25, -0.2) is 0 Å². The number of halogens is 1. The van der Waals surface area contributed by atoms with Gasteiger partial charge in [-0.2, -0.15) is 5.10 Å². The average molecular weight is 470 g/mol. The molecule has 1 saturated heterocycles. The van der Waals surface area contributed by atoms with Crippen LogP contribution in [0, 0.1) is 5.92 Å². The van der Waals surface area contributed by atoms with E-state index in [1.807, 2.05) is 27.7 Å². The first-order valence-electron chi connectivity index (χ1n) is 9.21. The summed E-state index contributed by atoms with van der Waals surface area (Å²) in [6.45, 7) is 8.87. The first kappa shape index (κ1) is 20.9. The lowest BCUT2D eigenvalue weighted by Gasteiger charge is -2.49. The number of fused-ring (bicyclic) bond motifs is 1. The number of nitrogens with one attached hydrogen (secondary N) is 2. The SMILES string of the molecule is CCn1ncc(Br)c1C(=O)N[C@@H]1C(=O)N2C(C(=O)NCC(C)C)=C(C)CS[C@H]12. The van der Waals surface area contributed by atoms with Crippen LogP contribution in [0.3, 0.4) is 0 Å². The number of hydrogen-bond donors (Lipinski definition) is 2. The number of hydrogen-bond acceptors (Lipinski definition) is 5. The highest BCUT2D eigenvalue weighted by Gasteiger charge is 2.53. The van der Waals surface area contributed by atoms with Gasteiger partial charge in [0.1, 0.15) is 22.8 Å². The van der Waals surface area contributed by atoms with Crippen LogP contribution in [-0.2, 0) is 16.1 Å². The van der Waals surface area contributed by atoms with E-state index in [1.165, 1.54) is 4.90 Å². The molecule has 0 aliphatic carbocycles. The number of β-lactam (4-membered cyclic amide) rings is 1. The van der Waals surface area contributed by atoms with Crippen molar-refractivity contribution in [1.82, 2.24) is 25.3 Å². The molecule has 28 heavy (non-hydrogen) atoms. The standard InChI is InChI=1S/C18H24BrN5O3S/c1-5-23-14(11(19)7-21-23)16(26)22-12-17(27)24-13(10(4)8-28-18(12)24)15(25)20-6-9(2)3/h7,9,12,18H,5-6,8H2,1-4H3,(H,20,25)(H,22,26)/t12-,18-/m1/s1. The van der Waals surface area contributed by atoms with Gasteiger partial charge in [0.05, 0.1) is 10.7 Å². The molecule has 1 aromatic heterocycles. The highest BCUT2D eigenvalue weighted by atomic mass is 79.9. The minimum Gasteiger partial charge on any atom is -0.351 e. The fourth-order valence-electron chi connectivity index (χ4n) is 3.21. The third-order valence-electron chi connectivity index (χ3n) is 4.64. The number of aromatic nitrogens is 2. The van der Waals surface area contributed by atoms with Crippen molar-refractivity contribution in [2.24, 2.45) is 5.92 Å². The third-order valence-corrected chi connectivity index (χ3v) is 6.65. The Bertz CT molecular complexity index is 850. The maximum Gasteiger partial charge on any atom is 0.271 e. The fourth-order valence-corrected chi connectivity index (χ4v) is 4.98. The molecule has 2 atom stereocenters. The summed E-state index contributed by atoms with van der Waals surface area (Å²) in [6, 6.07) is -0.661. The van der Waals surface area contributed by atoms with Crippen LogP contribution >= 0.6 is 27.7 Å². The van der Waals surface area contributed by atoms with E-state index in [4.69, 9.17) is 0 Å². The van der Waals surface area contributed by atoms with Crippen LogP contribution in [0.5, 0.6) is 0 Å². The number of thioether (sulfide) groups is 1. The highest BCUT2D eigenvalue weighted by Crippen LogP contribution is 2.40. The van der Waals surface area contributed by atoms with E-state index >= 15 is 0 Å². The molecule has 2 N–H and O–H groups in total. The summed E-state index contributed by atoms with van der Waals surface area (Å²) in [5, 5.41) is 9.55. The second-order valence-corrected chi connectivity index (χ2v) is 9.21. The molecule has 3 amide bonds. The van der Waals surface area contributed by atoms with Gasteiger partial charge in [-0.3, -0.25) is 24.0 Å². The summed E-state index contributed by atoms with van der Waals surface area (Å²) in [7, 11) is 0. The number of carbonyl (C=O) groups is 3. The smallest absolute Gasteiger partial charge is 0.271 e. The van der Waals surface area contributed by atoms with Crippen molar-refractivity contribution in [2.45, 2.75) is 45.7 Å². The lowest BCUT2D eigenvalue weighted by molar-refractivity contribution is -0.145. The number of amides is 3. The molecule has 0 saturated carbocycles. The van der Waals surface area contributed by atoms with E-state index < -0.39 is 6.04 Å². The molecule has 0 unspecified atom stereocenters. The molecule has 0 aromatic carbocycles. The summed E-state index contributed by atoms with van der Waals surface area (Å²) in [5.41, 5.74) is 1.67. The normalized spacial score (nSPS) is 21.5. The Kier molecular flexibility index (Phi) is 6.18. The Morgan fingerprint density at radius 2 is 2.11 bits per heavy atom. The molecule has 2 aliphatic rings. The van der Waals surface area contributed by atoms with Gasteiger partial charge in [-0.05, 0) is 41.3 Å². The van der Waals surface area contributed by atoms with E-state index in [9.17, 15) is 14.4 Å². The van der Waals surface area contributed by atoms with Gasteiger partial charge in [0.25, 0.3) is 17.7 Å². The van der Waals surface area contributed by atoms with Crippen LogP contribution in [0.15, 0.2) is 21.9 Å². The molecule has 8 nitrogen and oxygen atoms in total. The van der Waals surface area contributed by atoms with Gasteiger partial charge >= 0.3 is 0 Å². The van der Waals surface area contributed by atoms with Gasteiger partial charge in [0, 0.05) is 18.8 Å². The first-order chi connectivity index (χ1) is 13.3. The Morgan fingerprint density at radius 1 is 1.39 bits per heavy atom. The lowest BCUT2D eigenvalue weighted by atomic mass is 10.0. The van der Waals surface area contributed by atoms with E-state index in [2.05, 4.69) is 31.7 Å². The quantitative estimate of drug-likeness (QED) is 0.618. The molecule has 0 spiro atoms. The van der Waals surface area contributed by atoms with Crippen LogP contribution < -0.4 is 10.6 Å². The summed E-state index contributed by atoms with van der Waals surface area (Å²) in [4.78, 5) is 39.6. The third kappa shape index (κ3) is 3.71. The largest absolute Gasteiger partial charge is 0.351 e. The second kappa shape index (κ2) is 8.28. The Balaban J connectivity index is 1.74. The van der Waals surface area contributed by atoms with Crippen LogP contribution in [0.1, 0.15) is 38.2 Å². The predicted molar refractivity (Wildman–Crippen MR) is 110 cm³/mol. The van der Waals surface area contributed by atoms with Crippen molar-refractivity contribution in [2.75, 3.05) is 12.3 Å². The molecular formula is C18H24BrN5O3S. The number of carbonyl (C=O) groups excluding carboxylic acids is 3. The van der Waals surface area contributed by atoms with Crippen LogP contribution in [0.4, 0.5) is 0 Å². The van der Waals surface area contributed by atoms with Gasteiger partial charge in [-0.1, -0.05) is 13.8 Å². The molecule has 1 aromatic rings. The van der Waals surface area contributed by atoms with E-state index in [1.54, 1.807) is 22.6 Å². The van der Waals surface area contributed by atoms with Crippen molar-refractivity contribution in [1.29, 1.82) is 0 Å². The Morgan fingerprint density at radius 3 is 2.75 bits per heavy atom. The number of aryl methyl sites for hydroxylation is 1. The molecule has 3 rings (SSSR count). The minimum atomic E-state index is -0.661. The van der Waals surface area contributed by atoms with Crippen molar-refractivity contribution in [3.05, 3.63) is 27.6 Å². The van der Waals surface area contributed by atoms with Crippen LogP contribution in [-0.4, -0.2) is 56.1 Å². The summed E-state index contributed by atoms with van der Waals surface area (Å²) < 4.78 is 2.15. The zero-order valence-electron chi connectivity index (χ0n) is 16.3. The summed E-state index contributed by atoms with van der Waals surface area (Å²) >= 11 is 4.88. The molecule has 2 aliphatic heterocycles. The predicted octanol–water partition coefficient (Wildman–Crippen LogP) is 1.73. The molecule has 152 valence electrons. The van der Waals surface area contributed by atoms with Gasteiger partial charge in [0.15, 0.2) is 0 Å². The maximum absolute atomic E-state index is 12.8. The van der Waals surface area contributed by atoms with E-state index in [0.717, 1.165) is 5.57 Å². The van der Waals surface area contributed by atoms with Crippen LogP contribution in [0.2, 0.25) is 0 Å². The fraction of sp³-hybridized carbons (Fsp3) is 0.556. The molecule has 0 radical (unpaired) electrons. The van der Waals surface area contributed by atoms with E-state index in [0.29, 0.717) is 40.6 Å². The number of rotatable bonds is 6. The number of nitrogens with zero attached hydrogens (tertiary/aromatic N) is 3. The molecule has 3 heterocycles. The maximum atomic E-state index is 12.8. The van der Waals surface area contributed by atoms with Crippen molar-refractivity contribution in [3.63, 3.8) is 0 Å². The summed E-state index contributed by atoms with van der Waals surface area (Å²) in [5.74, 6) is 0.100. The molecule has 1 fully saturated rings. The van der Waals surface area contributed by atoms with Crippen molar-refractivity contribution < 1.29 is 14.4 Å². The molecular weight excluding hydrogens is 446 g/mol. The molecule has 0 bridgehead atoms. The molecule has 10 heteroatoms. The monoisotopic (exact) mass is 469 g/mol. The van der Waals surface area contributed by atoms with Crippen molar-refractivity contribution >= 4 is 45.4 Å². The summed E-state index contributed by atoms with van der Waals surface area (Å²) in [6.07, 6.45) is 1.56. The van der Waals surface area contributed by atoms with E-state index in [-0.39, 0.29) is 23.1 Å². The van der Waals surface area contributed by atoms with Crippen LogP contribution in [0.25, 0.3) is 0 Å². The van der Waals surface area contributed by atoms with Gasteiger partial charge in [0.2, 0.25) is 0 Å². The van der Waals surface area contributed by atoms with Gasteiger partial charge < -0.3 is 10.6 Å². The second-order valence-electron chi connectivity index (χ2n) is 7.25. The Labute approximate surface area is 176 Å². The lowest BCUT2D eigenvalue weighted by Crippen LogP contribution is -2.71. The van der Waals surface area contributed by atoms with Gasteiger partial charge in [-0.15, -0.1) is 11.8 Å². The highest BCUT2D eigenvalue weighted by molar-refractivity contribution is 9.10.